The molecular formula is C7H15N3O2S. The van der Waals surface area contributed by atoms with Gasteiger partial charge in [-0.05, 0) is 14.1 Å². The van der Waals surface area contributed by atoms with Gasteiger partial charge in [0, 0.05) is 0 Å². The zero-order chi connectivity index (χ0) is 9.68. The number of carbonyl (C=O) groups is 1. The molecule has 0 bridgehead atoms. The number of esters is 1. The van der Waals surface area contributed by atoms with Gasteiger partial charge in [0.05, 0.1) is 19.1 Å². The van der Waals surface area contributed by atoms with E-state index in [1.165, 1.54) is 0 Å². The molecule has 1 rings (SSSR count). The van der Waals surface area contributed by atoms with Crippen LogP contribution in [0.1, 0.15) is 0 Å². The van der Waals surface area contributed by atoms with E-state index in [0.717, 1.165) is 12.5 Å². The Labute approximate surface area is 82.5 Å². The van der Waals surface area contributed by atoms with E-state index in [1.807, 2.05) is 19.0 Å². The average Bonchev–Trinajstić information content (AvgIpc) is 2.51. The van der Waals surface area contributed by atoms with Crippen LogP contribution >= 0.6 is 11.9 Å². The Kier molecular flexibility index (Phi) is 4.51. The van der Waals surface area contributed by atoms with E-state index in [-0.39, 0.29) is 5.97 Å². The molecule has 0 aromatic carbocycles. The molecule has 76 valence electrons. The Hall–Kier alpha value is -0.300. The molecule has 13 heavy (non-hydrogen) atoms. The van der Waals surface area contributed by atoms with Crippen LogP contribution in [0.2, 0.25) is 0 Å². The van der Waals surface area contributed by atoms with Gasteiger partial charge in [-0.25, -0.2) is 9.62 Å². The third kappa shape index (κ3) is 4.47. The van der Waals surface area contributed by atoms with Gasteiger partial charge in [0.1, 0.15) is 6.73 Å². The maximum atomic E-state index is 11.1. The van der Waals surface area contributed by atoms with Crippen LogP contribution in [-0.2, 0) is 9.53 Å². The van der Waals surface area contributed by atoms with E-state index in [0.29, 0.717) is 13.3 Å². The van der Waals surface area contributed by atoms with Gasteiger partial charge in [-0.1, -0.05) is 11.9 Å². The second-order valence-corrected chi connectivity index (χ2v) is 3.97. The molecule has 0 unspecified atom stereocenters. The van der Waals surface area contributed by atoms with E-state index in [2.05, 4.69) is 4.72 Å². The van der Waals surface area contributed by atoms with Gasteiger partial charge in [-0.2, -0.15) is 0 Å². The number of likely N-dealkylation sites (N-methyl/N-ethyl adjacent to an activating group) is 1. The lowest BCUT2D eigenvalue weighted by Crippen LogP contribution is -2.30. The van der Waals surface area contributed by atoms with Gasteiger partial charge in [-0.15, -0.1) is 0 Å². The van der Waals surface area contributed by atoms with Crippen molar-refractivity contribution in [2.24, 2.45) is 0 Å². The highest BCUT2D eigenvalue weighted by molar-refractivity contribution is 7.97. The molecule has 6 heteroatoms. The number of carbonyl (C=O) groups excluding carboxylic acids is 1. The van der Waals surface area contributed by atoms with Crippen LogP contribution < -0.4 is 4.72 Å². The molecule has 0 aromatic heterocycles. The van der Waals surface area contributed by atoms with Crippen molar-refractivity contribution in [3.8, 4) is 0 Å². The molecule has 0 amide bonds. The largest absolute Gasteiger partial charge is 0.448 e. The predicted molar refractivity (Wildman–Crippen MR) is 51.8 cm³/mol. The minimum Gasteiger partial charge on any atom is -0.448 e. The number of ether oxygens (including phenoxy) is 1. The fraction of sp³-hybridized carbons (Fsp3) is 0.857. The Bertz CT molecular complexity index is 171. The molecule has 0 aromatic rings. The number of hydrogen-bond donors (Lipinski definition) is 1. The van der Waals surface area contributed by atoms with Crippen LogP contribution in [0.25, 0.3) is 0 Å². The van der Waals surface area contributed by atoms with Crippen molar-refractivity contribution in [3.05, 3.63) is 0 Å². The Morgan fingerprint density at radius 3 is 3.00 bits per heavy atom. The zero-order valence-electron chi connectivity index (χ0n) is 7.95. The number of hydrogen-bond acceptors (Lipinski definition) is 6. The summed E-state index contributed by atoms with van der Waals surface area (Å²) in [5.41, 5.74) is 0. The van der Waals surface area contributed by atoms with Crippen LogP contribution in [0, 0.1) is 0 Å². The Morgan fingerprint density at radius 2 is 2.46 bits per heavy atom. The number of nitrogens with zero attached hydrogens (tertiary/aromatic N) is 2. The highest BCUT2D eigenvalue weighted by Crippen LogP contribution is 2.06. The summed E-state index contributed by atoms with van der Waals surface area (Å²) in [5, 5.41) is 0. The molecule has 1 fully saturated rings. The summed E-state index contributed by atoms with van der Waals surface area (Å²) >= 11 is 1.62. The van der Waals surface area contributed by atoms with Gasteiger partial charge >= 0.3 is 5.97 Å². The molecule has 0 radical (unpaired) electrons. The molecule has 0 atom stereocenters. The van der Waals surface area contributed by atoms with Crippen LogP contribution in [0.4, 0.5) is 0 Å². The molecule has 0 saturated carbocycles. The van der Waals surface area contributed by atoms with Crippen molar-refractivity contribution >= 4 is 17.9 Å². The summed E-state index contributed by atoms with van der Waals surface area (Å²) < 4.78 is 8.11. The Balaban J connectivity index is 2.07. The van der Waals surface area contributed by atoms with Crippen LogP contribution in [0.3, 0.4) is 0 Å². The number of rotatable bonds is 4. The summed E-state index contributed by atoms with van der Waals surface area (Å²) in [5.74, 6) is 0.691. The van der Waals surface area contributed by atoms with E-state index in [9.17, 15) is 4.79 Å². The summed E-state index contributed by atoms with van der Waals surface area (Å²) in [7, 11) is 3.68. The first-order valence-electron chi connectivity index (χ1n) is 4.06. The minimum atomic E-state index is -0.179. The van der Waals surface area contributed by atoms with Crippen molar-refractivity contribution in [2.75, 3.05) is 39.9 Å². The maximum absolute atomic E-state index is 11.1. The fourth-order valence-electron chi connectivity index (χ4n) is 0.870. The minimum absolute atomic E-state index is 0.179. The van der Waals surface area contributed by atoms with Crippen LogP contribution in [0.15, 0.2) is 0 Å². The molecule has 0 spiro atoms. The van der Waals surface area contributed by atoms with Gasteiger partial charge < -0.3 is 4.74 Å². The van der Waals surface area contributed by atoms with E-state index in [4.69, 9.17) is 4.74 Å². The standard InChI is InChI=1S/C7H15N3O2S/c1-9(2)3-7(11)12-5-10-4-8-13-6-10/h8H,3-6H2,1-2H3. The van der Waals surface area contributed by atoms with Gasteiger partial charge in [0.25, 0.3) is 0 Å². The third-order valence-electron chi connectivity index (χ3n) is 1.49. The summed E-state index contributed by atoms with van der Waals surface area (Å²) in [6, 6.07) is 0. The van der Waals surface area contributed by atoms with Crippen LogP contribution in [0.5, 0.6) is 0 Å². The SMILES string of the molecule is CN(C)CC(=O)OCN1CNSC1. The quantitative estimate of drug-likeness (QED) is 0.494. The molecule has 1 saturated heterocycles. The first-order chi connectivity index (χ1) is 6.18. The molecule has 1 aliphatic rings. The van der Waals surface area contributed by atoms with Crippen molar-refractivity contribution in [3.63, 3.8) is 0 Å². The summed E-state index contributed by atoms with van der Waals surface area (Å²) in [6.45, 7) is 1.50. The van der Waals surface area contributed by atoms with E-state index in [1.54, 1.807) is 16.8 Å². The number of nitrogens with one attached hydrogen (secondary N) is 1. The third-order valence-corrected chi connectivity index (χ3v) is 2.32. The normalized spacial score (nSPS) is 18.1. The van der Waals surface area contributed by atoms with Gasteiger partial charge in [-0.3, -0.25) is 9.69 Å². The van der Waals surface area contributed by atoms with E-state index < -0.39 is 0 Å². The fourth-order valence-corrected chi connectivity index (χ4v) is 1.58. The van der Waals surface area contributed by atoms with Crippen LogP contribution in [-0.4, -0.2) is 55.7 Å². The lowest BCUT2D eigenvalue weighted by molar-refractivity contribution is -0.148. The maximum Gasteiger partial charge on any atom is 0.321 e. The average molecular weight is 205 g/mol. The highest BCUT2D eigenvalue weighted by Gasteiger charge is 2.13. The van der Waals surface area contributed by atoms with Crippen molar-refractivity contribution in [1.82, 2.24) is 14.5 Å². The van der Waals surface area contributed by atoms with Crippen molar-refractivity contribution < 1.29 is 9.53 Å². The molecule has 5 nitrogen and oxygen atoms in total. The zero-order valence-corrected chi connectivity index (χ0v) is 8.76. The first-order valence-corrected chi connectivity index (χ1v) is 5.04. The monoisotopic (exact) mass is 205 g/mol. The first kappa shape index (κ1) is 10.8. The second-order valence-electron chi connectivity index (χ2n) is 3.13. The summed E-state index contributed by atoms with van der Waals surface area (Å²) in [6.07, 6.45) is 0. The molecule has 1 N–H and O–H groups in total. The molecule has 0 aliphatic carbocycles. The smallest absolute Gasteiger partial charge is 0.321 e. The second kappa shape index (κ2) is 5.43. The lowest BCUT2D eigenvalue weighted by Gasteiger charge is -2.14. The predicted octanol–water partition coefficient (Wildman–Crippen LogP) is -0.483. The molecule has 1 heterocycles. The Morgan fingerprint density at radius 1 is 1.69 bits per heavy atom. The molecular weight excluding hydrogens is 190 g/mol. The van der Waals surface area contributed by atoms with E-state index >= 15 is 0 Å². The highest BCUT2D eigenvalue weighted by atomic mass is 32.2. The summed E-state index contributed by atoms with van der Waals surface area (Å²) in [4.78, 5) is 14.9. The molecule has 1 aliphatic heterocycles. The topological polar surface area (TPSA) is 44.8 Å². The van der Waals surface area contributed by atoms with Gasteiger partial charge in [0.2, 0.25) is 0 Å². The van der Waals surface area contributed by atoms with Crippen molar-refractivity contribution in [2.45, 2.75) is 0 Å². The lowest BCUT2D eigenvalue weighted by atomic mass is 10.6. The van der Waals surface area contributed by atoms with Crippen molar-refractivity contribution in [1.29, 1.82) is 0 Å². The van der Waals surface area contributed by atoms with Gasteiger partial charge in [0.15, 0.2) is 0 Å².